The van der Waals surface area contributed by atoms with Gasteiger partial charge in [-0.05, 0) is 17.9 Å². The van der Waals surface area contributed by atoms with Crippen molar-refractivity contribution in [3.05, 3.63) is 35.4 Å². The second-order valence-electron chi connectivity index (χ2n) is 4.14. The van der Waals surface area contributed by atoms with Crippen LogP contribution in [0.15, 0.2) is 18.2 Å². The van der Waals surface area contributed by atoms with Gasteiger partial charge >= 0.3 is 0 Å². The van der Waals surface area contributed by atoms with Crippen LogP contribution >= 0.6 is 11.8 Å². The fourth-order valence-corrected chi connectivity index (χ4v) is 2.46. The minimum absolute atomic E-state index is 0.136. The summed E-state index contributed by atoms with van der Waals surface area (Å²) in [5.74, 6) is -0.769. The molecule has 4 heteroatoms. The van der Waals surface area contributed by atoms with Crippen molar-refractivity contribution in [1.82, 2.24) is 5.32 Å². The van der Waals surface area contributed by atoms with Crippen LogP contribution in [-0.2, 0) is 0 Å². The largest absolute Gasteiger partial charge is 0.309 e. The van der Waals surface area contributed by atoms with Crippen LogP contribution < -0.4 is 5.32 Å². The molecule has 1 atom stereocenters. The van der Waals surface area contributed by atoms with E-state index in [2.05, 4.69) is 19.2 Å². The van der Waals surface area contributed by atoms with Crippen molar-refractivity contribution >= 4 is 11.8 Å². The number of benzene rings is 1. The van der Waals surface area contributed by atoms with E-state index in [1.54, 1.807) is 23.9 Å². The topological polar surface area (TPSA) is 12.0 Å². The van der Waals surface area contributed by atoms with E-state index < -0.39 is 11.6 Å². The van der Waals surface area contributed by atoms with Gasteiger partial charge in [0.15, 0.2) is 11.6 Å². The Morgan fingerprint density at radius 1 is 1.29 bits per heavy atom. The van der Waals surface area contributed by atoms with Crippen LogP contribution in [0.25, 0.3) is 0 Å². The molecule has 0 aliphatic rings. The number of hydrogen-bond donors (Lipinski definition) is 1. The number of hydrogen-bond acceptors (Lipinski definition) is 2. The van der Waals surface area contributed by atoms with Gasteiger partial charge in [-0.25, -0.2) is 8.78 Å². The van der Waals surface area contributed by atoms with Gasteiger partial charge in [-0.1, -0.05) is 32.9 Å². The number of rotatable bonds is 6. The lowest BCUT2D eigenvalue weighted by Crippen LogP contribution is -2.24. The van der Waals surface area contributed by atoms with Crippen LogP contribution in [0.4, 0.5) is 8.78 Å². The molecule has 1 aromatic rings. The lowest BCUT2D eigenvalue weighted by Gasteiger charge is -2.19. The van der Waals surface area contributed by atoms with Crippen molar-refractivity contribution in [2.75, 3.05) is 12.3 Å². The Kier molecular flexibility index (Phi) is 5.92. The molecule has 0 fully saturated rings. The van der Waals surface area contributed by atoms with Crippen molar-refractivity contribution in [3.63, 3.8) is 0 Å². The molecule has 1 rings (SSSR count). The van der Waals surface area contributed by atoms with E-state index >= 15 is 0 Å². The summed E-state index contributed by atoms with van der Waals surface area (Å²) in [4.78, 5) is 0. The highest BCUT2D eigenvalue weighted by atomic mass is 32.2. The molecule has 0 aromatic heterocycles. The van der Waals surface area contributed by atoms with Crippen molar-refractivity contribution in [3.8, 4) is 0 Å². The summed E-state index contributed by atoms with van der Waals surface area (Å²) in [6.07, 6.45) is 0. The summed E-state index contributed by atoms with van der Waals surface area (Å²) in [5.41, 5.74) is 0.417. The van der Waals surface area contributed by atoms with Crippen LogP contribution in [0.5, 0.6) is 0 Å². The predicted octanol–water partition coefficient (Wildman–Crippen LogP) is 3.76. The van der Waals surface area contributed by atoms with Gasteiger partial charge in [0, 0.05) is 17.4 Å². The highest BCUT2D eigenvalue weighted by molar-refractivity contribution is 7.99. The first-order valence-corrected chi connectivity index (χ1v) is 6.90. The van der Waals surface area contributed by atoms with E-state index in [4.69, 9.17) is 0 Å². The van der Waals surface area contributed by atoms with E-state index in [0.29, 0.717) is 10.8 Å². The van der Waals surface area contributed by atoms with Gasteiger partial charge in [0.2, 0.25) is 0 Å². The third kappa shape index (κ3) is 4.28. The van der Waals surface area contributed by atoms with Crippen molar-refractivity contribution in [2.24, 2.45) is 0 Å². The first kappa shape index (κ1) is 14.5. The molecule has 0 bridgehead atoms. The molecule has 0 radical (unpaired) electrons. The third-order valence-electron chi connectivity index (χ3n) is 2.40. The van der Waals surface area contributed by atoms with Crippen LogP contribution in [0.2, 0.25) is 0 Å². The average molecular weight is 259 g/mol. The first-order valence-electron chi connectivity index (χ1n) is 5.85. The fraction of sp³-hybridized carbons (Fsp3) is 0.538. The van der Waals surface area contributed by atoms with Gasteiger partial charge in [0.1, 0.15) is 0 Å². The summed E-state index contributed by atoms with van der Waals surface area (Å²) >= 11 is 1.74. The molecule has 1 nitrogen and oxygen atoms in total. The molecule has 0 heterocycles. The highest BCUT2D eigenvalue weighted by Gasteiger charge is 2.17. The second-order valence-corrected chi connectivity index (χ2v) is 5.74. The molecule has 0 aliphatic carbocycles. The minimum atomic E-state index is -0.778. The monoisotopic (exact) mass is 259 g/mol. The van der Waals surface area contributed by atoms with Crippen molar-refractivity contribution in [2.45, 2.75) is 32.1 Å². The van der Waals surface area contributed by atoms with Crippen LogP contribution in [0.1, 0.15) is 32.4 Å². The zero-order valence-corrected chi connectivity index (χ0v) is 11.3. The molecule has 1 aromatic carbocycles. The lowest BCUT2D eigenvalue weighted by molar-refractivity contribution is 0.478. The summed E-state index contributed by atoms with van der Waals surface area (Å²) in [6, 6.07) is 4.21. The molecule has 0 amide bonds. The fourth-order valence-electron chi connectivity index (χ4n) is 1.58. The van der Waals surface area contributed by atoms with E-state index in [-0.39, 0.29) is 6.04 Å². The van der Waals surface area contributed by atoms with E-state index in [0.717, 1.165) is 18.4 Å². The second kappa shape index (κ2) is 6.97. The lowest BCUT2D eigenvalue weighted by atomic mass is 10.1. The van der Waals surface area contributed by atoms with E-state index in [1.165, 1.54) is 0 Å². The smallest absolute Gasteiger partial charge is 0.163 e. The Morgan fingerprint density at radius 2 is 2.00 bits per heavy atom. The Morgan fingerprint density at radius 3 is 2.59 bits per heavy atom. The summed E-state index contributed by atoms with van der Waals surface area (Å²) in [6.45, 7) is 6.88. The third-order valence-corrected chi connectivity index (χ3v) is 3.60. The van der Waals surface area contributed by atoms with Gasteiger partial charge in [-0.15, -0.1) is 0 Å². The summed E-state index contributed by atoms with van der Waals surface area (Å²) in [5, 5.41) is 3.67. The van der Waals surface area contributed by atoms with Crippen LogP contribution in [0.3, 0.4) is 0 Å². The molecular formula is C13H19F2NS. The predicted molar refractivity (Wildman–Crippen MR) is 70.4 cm³/mol. The molecule has 17 heavy (non-hydrogen) atoms. The minimum Gasteiger partial charge on any atom is -0.309 e. The van der Waals surface area contributed by atoms with Gasteiger partial charge in [0.05, 0.1) is 0 Å². The maximum absolute atomic E-state index is 13.7. The van der Waals surface area contributed by atoms with E-state index in [1.807, 2.05) is 6.92 Å². The molecule has 0 saturated carbocycles. The van der Waals surface area contributed by atoms with Gasteiger partial charge in [-0.3, -0.25) is 0 Å². The number of thioether (sulfide) groups is 1. The van der Waals surface area contributed by atoms with Crippen LogP contribution in [0, 0.1) is 11.6 Å². The van der Waals surface area contributed by atoms with Crippen molar-refractivity contribution in [1.29, 1.82) is 0 Å². The Balaban J connectivity index is 2.85. The molecule has 0 saturated heterocycles. The number of halogens is 2. The first-order chi connectivity index (χ1) is 8.06. The van der Waals surface area contributed by atoms with Crippen LogP contribution in [-0.4, -0.2) is 17.5 Å². The maximum atomic E-state index is 13.7. The van der Waals surface area contributed by atoms with Gasteiger partial charge in [0.25, 0.3) is 0 Å². The molecule has 0 aliphatic heterocycles. The van der Waals surface area contributed by atoms with Gasteiger partial charge < -0.3 is 5.32 Å². The molecule has 0 spiro atoms. The van der Waals surface area contributed by atoms with Crippen molar-refractivity contribution < 1.29 is 8.78 Å². The number of nitrogens with one attached hydrogen (secondary N) is 1. The molecule has 96 valence electrons. The summed E-state index contributed by atoms with van der Waals surface area (Å²) in [7, 11) is 0. The quantitative estimate of drug-likeness (QED) is 0.835. The zero-order chi connectivity index (χ0) is 12.8. The molecule has 1 N–H and O–H groups in total. The highest BCUT2D eigenvalue weighted by Crippen LogP contribution is 2.24. The van der Waals surface area contributed by atoms with E-state index in [9.17, 15) is 8.78 Å². The standard InChI is InChI=1S/C13H19F2NS/c1-4-16-12(8-17-9(2)3)10-6-5-7-11(14)13(10)15/h5-7,9,12,16H,4,8H2,1-3H3. The average Bonchev–Trinajstić information content (AvgIpc) is 2.28. The maximum Gasteiger partial charge on any atom is 0.163 e. The Bertz CT molecular complexity index is 355. The normalized spacial score (nSPS) is 13.1. The Labute approximate surface area is 106 Å². The molecule has 1 unspecified atom stereocenters. The molecular weight excluding hydrogens is 240 g/mol. The SMILES string of the molecule is CCNC(CSC(C)C)c1cccc(F)c1F. The zero-order valence-electron chi connectivity index (χ0n) is 10.5. The summed E-state index contributed by atoms with van der Waals surface area (Å²) < 4.78 is 26.8. The Hall–Kier alpha value is -0.610. The van der Waals surface area contributed by atoms with Gasteiger partial charge in [-0.2, -0.15) is 11.8 Å².